The van der Waals surface area contributed by atoms with Gasteiger partial charge >= 0.3 is 0 Å². The van der Waals surface area contributed by atoms with Crippen molar-refractivity contribution in [2.75, 3.05) is 13.1 Å². The molecule has 0 saturated heterocycles. The molecule has 0 saturated carbocycles. The molecule has 2 aromatic carbocycles. The molecule has 0 aliphatic carbocycles. The van der Waals surface area contributed by atoms with E-state index in [1.54, 1.807) is 18.3 Å². The summed E-state index contributed by atoms with van der Waals surface area (Å²) in [5.41, 5.74) is 8.08. The van der Waals surface area contributed by atoms with E-state index in [-0.39, 0.29) is 5.82 Å². The van der Waals surface area contributed by atoms with Crippen molar-refractivity contribution in [2.45, 2.75) is 11.3 Å². The molecule has 3 aromatic rings. The number of benzene rings is 2. The summed E-state index contributed by atoms with van der Waals surface area (Å²) in [4.78, 5) is 8.63. The number of hydrogen-bond acceptors (Lipinski definition) is 4. The van der Waals surface area contributed by atoms with E-state index >= 15 is 0 Å². The van der Waals surface area contributed by atoms with Crippen molar-refractivity contribution in [1.29, 1.82) is 0 Å². The number of H-pyrrole nitrogens is 1. The molecule has 0 bridgehead atoms. The summed E-state index contributed by atoms with van der Waals surface area (Å²) in [6.45, 7) is 1.46. The molecular formula is C18H17BrClFN4S. The van der Waals surface area contributed by atoms with Crippen LogP contribution in [0.2, 0.25) is 5.02 Å². The Kier molecular flexibility index (Phi) is 6.72. The van der Waals surface area contributed by atoms with E-state index in [1.165, 1.54) is 18.0 Å². The Morgan fingerprint density at radius 2 is 2.04 bits per heavy atom. The average Bonchev–Trinajstić information content (AvgIpc) is 3.12. The number of aromatic amines is 1. The van der Waals surface area contributed by atoms with Crippen LogP contribution in [0.5, 0.6) is 0 Å². The molecule has 3 rings (SSSR count). The van der Waals surface area contributed by atoms with Crippen LogP contribution in [0, 0.1) is 5.82 Å². The van der Waals surface area contributed by atoms with Crippen molar-refractivity contribution in [3.63, 3.8) is 0 Å². The molecule has 1 heterocycles. The highest BCUT2D eigenvalue weighted by Gasteiger charge is 2.10. The first-order chi connectivity index (χ1) is 12.6. The molecule has 8 heteroatoms. The van der Waals surface area contributed by atoms with Crippen LogP contribution in [0.4, 0.5) is 4.39 Å². The summed E-state index contributed by atoms with van der Waals surface area (Å²) < 4.78 is 17.1. The second-order valence-corrected chi connectivity index (χ2v) is 7.75. The number of imidazole rings is 1. The van der Waals surface area contributed by atoms with Gasteiger partial charge in [-0.15, -0.1) is 0 Å². The summed E-state index contributed by atoms with van der Waals surface area (Å²) >= 11 is 11.0. The largest absolute Gasteiger partial charge is 0.338 e. The fraction of sp³-hybridized carbons (Fsp3) is 0.167. The molecule has 0 unspecified atom stereocenters. The van der Waals surface area contributed by atoms with E-state index in [4.69, 9.17) is 17.3 Å². The van der Waals surface area contributed by atoms with Gasteiger partial charge in [0.25, 0.3) is 0 Å². The van der Waals surface area contributed by atoms with Gasteiger partial charge in [0.2, 0.25) is 0 Å². The van der Waals surface area contributed by atoms with Gasteiger partial charge in [-0.3, -0.25) is 4.72 Å². The van der Waals surface area contributed by atoms with E-state index in [9.17, 15) is 4.39 Å². The van der Waals surface area contributed by atoms with Crippen LogP contribution in [-0.2, 0) is 0 Å². The van der Waals surface area contributed by atoms with Gasteiger partial charge < -0.3 is 10.7 Å². The molecular weight excluding hydrogens is 439 g/mol. The summed E-state index contributed by atoms with van der Waals surface area (Å²) in [5, 5.41) is 0.674. The van der Waals surface area contributed by atoms with E-state index in [0.29, 0.717) is 16.0 Å². The molecule has 0 aliphatic heterocycles. The second-order valence-electron chi connectivity index (χ2n) is 5.56. The van der Waals surface area contributed by atoms with Crippen molar-refractivity contribution in [2.24, 2.45) is 5.73 Å². The smallest absolute Gasteiger partial charge is 0.137 e. The molecule has 4 N–H and O–H groups in total. The Morgan fingerprint density at radius 1 is 1.23 bits per heavy atom. The number of nitrogens with two attached hydrogens (primary N) is 1. The lowest BCUT2D eigenvalue weighted by atomic mass is 10.2. The quantitative estimate of drug-likeness (QED) is 0.336. The lowest BCUT2D eigenvalue weighted by molar-refractivity contribution is 0.621. The molecule has 26 heavy (non-hydrogen) atoms. The molecule has 0 fully saturated rings. The summed E-state index contributed by atoms with van der Waals surface area (Å²) in [7, 11) is 0. The molecule has 0 amide bonds. The molecule has 1 aromatic heterocycles. The van der Waals surface area contributed by atoms with Crippen molar-refractivity contribution >= 4 is 39.5 Å². The van der Waals surface area contributed by atoms with Gasteiger partial charge in [-0.1, -0.05) is 11.6 Å². The number of hydrogen-bond donors (Lipinski definition) is 3. The van der Waals surface area contributed by atoms with Gasteiger partial charge in [-0.25, -0.2) is 9.37 Å². The van der Waals surface area contributed by atoms with Gasteiger partial charge in [0.05, 0.1) is 21.4 Å². The van der Waals surface area contributed by atoms with Crippen molar-refractivity contribution in [3.8, 4) is 22.6 Å². The van der Waals surface area contributed by atoms with Crippen LogP contribution >= 0.6 is 39.5 Å². The number of nitrogens with zero attached hydrogens (tertiary/aromatic N) is 1. The van der Waals surface area contributed by atoms with Crippen LogP contribution in [-0.4, -0.2) is 23.1 Å². The minimum absolute atomic E-state index is 0.296. The fourth-order valence-electron chi connectivity index (χ4n) is 2.31. The number of halogens is 3. The third-order valence-electron chi connectivity index (χ3n) is 3.68. The Bertz CT molecular complexity index is 903. The lowest BCUT2D eigenvalue weighted by Gasteiger charge is -2.07. The summed E-state index contributed by atoms with van der Waals surface area (Å²) in [6, 6.07) is 10.6. The SMILES string of the molecule is NCCCNSc1cc(-c2ncc(-c3ccc(F)c(Br)c3)[nH]2)ccc1Cl. The van der Waals surface area contributed by atoms with E-state index < -0.39 is 0 Å². The van der Waals surface area contributed by atoms with Crippen LogP contribution < -0.4 is 10.5 Å². The molecule has 4 nitrogen and oxygen atoms in total. The first-order valence-electron chi connectivity index (χ1n) is 7.98. The third-order valence-corrected chi connectivity index (χ3v) is 5.63. The van der Waals surface area contributed by atoms with Crippen molar-refractivity contribution in [1.82, 2.24) is 14.7 Å². The lowest BCUT2D eigenvalue weighted by Crippen LogP contribution is -2.11. The van der Waals surface area contributed by atoms with Gasteiger partial charge in [0, 0.05) is 22.6 Å². The highest BCUT2D eigenvalue weighted by atomic mass is 79.9. The third kappa shape index (κ3) is 4.66. The minimum Gasteiger partial charge on any atom is -0.338 e. The minimum atomic E-state index is -0.296. The molecule has 0 radical (unpaired) electrons. The van der Waals surface area contributed by atoms with Gasteiger partial charge in [0.1, 0.15) is 11.6 Å². The normalized spacial score (nSPS) is 11.1. The van der Waals surface area contributed by atoms with Crippen molar-refractivity contribution < 1.29 is 4.39 Å². The first kappa shape index (κ1) is 19.4. The topological polar surface area (TPSA) is 66.7 Å². The standard InChI is InChI=1S/C18H17BrClFN4S/c19-13-8-11(3-5-15(13)21)16-10-23-18(25-16)12-2-4-14(20)17(9-12)26-24-7-1-6-22/h2-5,8-10,24H,1,6-7,22H2,(H,23,25). The zero-order chi connectivity index (χ0) is 18.5. The Balaban J connectivity index is 1.81. The van der Waals surface area contributed by atoms with Gasteiger partial charge in [0.15, 0.2) is 0 Å². The second kappa shape index (κ2) is 9.01. The monoisotopic (exact) mass is 454 g/mol. The number of rotatable bonds is 7. The Morgan fingerprint density at radius 3 is 2.81 bits per heavy atom. The van der Waals surface area contributed by atoms with Crippen LogP contribution in [0.1, 0.15) is 6.42 Å². The molecule has 0 atom stereocenters. The maximum absolute atomic E-state index is 13.4. The van der Waals surface area contributed by atoms with Crippen molar-refractivity contribution in [3.05, 3.63) is 57.9 Å². The molecule has 136 valence electrons. The summed E-state index contributed by atoms with van der Waals surface area (Å²) in [5.74, 6) is 0.427. The van der Waals surface area contributed by atoms with Crippen LogP contribution in [0.3, 0.4) is 0 Å². The molecule has 0 spiro atoms. The van der Waals surface area contributed by atoms with Crippen LogP contribution in [0.25, 0.3) is 22.6 Å². The molecule has 0 aliphatic rings. The predicted molar refractivity (Wildman–Crippen MR) is 110 cm³/mol. The number of aromatic nitrogens is 2. The Hall–Kier alpha value is -1.38. The fourth-order valence-corrected chi connectivity index (χ4v) is 3.68. The maximum Gasteiger partial charge on any atom is 0.137 e. The Labute approximate surface area is 169 Å². The van der Waals surface area contributed by atoms with E-state index in [2.05, 4.69) is 30.6 Å². The zero-order valence-electron chi connectivity index (χ0n) is 13.7. The van der Waals surface area contributed by atoms with Crippen LogP contribution in [0.15, 0.2) is 52.0 Å². The zero-order valence-corrected chi connectivity index (χ0v) is 16.9. The van der Waals surface area contributed by atoms with E-state index in [0.717, 1.165) is 40.5 Å². The van der Waals surface area contributed by atoms with Gasteiger partial charge in [-0.05, 0) is 77.2 Å². The highest BCUT2D eigenvalue weighted by Crippen LogP contribution is 2.31. The first-order valence-corrected chi connectivity index (χ1v) is 9.97. The van der Waals surface area contributed by atoms with Gasteiger partial charge in [-0.2, -0.15) is 0 Å². The maximum atomic E-state index is 13.4. The average molecular weight is 456 g/mol. The highest BCUT2D eigenvalue weighted by molar-refractivity contribution is 9.10. The summed E-state index contributed by atoms with van der Waals surface area (Å²) in [6.07, 6.45) is 2.63. The predicted octanol–water partition coefficient (Wildman–Crippen LogP) is 5.24. The number of nitrogens with one attached hydrogen (secondary N) is 2. The van der Waals surface area contributed by atoms with E-state index in [1.807, 2.05) is 18.2 Å².